The van der Waals surface area contributed by atoms with Crippen LogP contribution in [0.15, 0.2) is 41.4 Å². The summed E-state index contributed by atoms with van der Waals surface area (Å²) >= 11 is 0. The Morgan fingerprint density at radius 1 is 1.24 bits per heavy atom. The fraction of sp³-hybridized carbons (Fsp3) is 0.125. The van der Waals surface area contributed by atoms with E-state index in [4.69, 9.17) is 15.0 Å². The van der Waals surface area contributed by atoms with Gasteiger partial charge in [0.1, 0.15) is 10.6 Å². The second-order valence-corrected chi connectivity index (χ2v) is 7.26. The summed E-state index contributed by atoms with van der Waals surface area (Å²) in [6.07, 6.45) is 2.22. The zero-order chi connectivity index (χ0) is 17.8. The van der Waals surface area contributed by atoms with Crippen LogP contribution in [0.4, 0.5) is 0 Å². The molecule has 25 heavy (non-hydrogen) atoms. The number of primary sulfonamides is 1. The van der Waals surface area contributed by atoms with Crippen LogP contribution in [0.25, 0.3) is 16.6 Å². The van der Waals surface area contributed by atoms with E-state index >= 15 is 0 Å². The van der Waals surface area contributed by atoms with Crippen LogP contribution in [0.1, 0.15) is 16.1 Å². The van der Waals surface area contributed by atoms with Crippen LogP contribution in [0.3, 0.4) is 0 Å². The number of ether oxygens (including phenoxy) is 1. The van der Waals surface area contributed by atoms with Gasteiger partial charge in [0.15, 0.2) is 5.69 Å². The lowest BCUT2D eigenvalue weighted by Crippen LogP contribution is -2.13. The van der Waals surface area contributed by atoms with Gasteiger partial charge in [-0.2, -0.15) is 5.10 Å². The molecule has 0 aliphatic carbocycles. The van der Waals surface area contributed by atoms with Crippen molar-refractivity contribution in [1.82, 2.24) is 9.61 Å². The summed E-state index contributed by atoms with van der Waals surface area (Å²) in [5, 5.41) is 18.3. The number of benzene rings is 1. The summed E-state index contributed by atoms with van der Waals surface area (Å²) < 4.78 is 30.6. The van der Waals surface area contributed by atoms with E-state index in [1.54, 1.807) is 18.3 Å². The number of nitrogens with zero attached hydrogens (tertiary/aromatic N) is 2. The Hall–Kier alpha value is -2.91. The number of fused-ring (bicyclic) bond motifs is 2. The van der Waals surface area contributed by atoms with Gasteiger partial charge in [0.05, 0.1) is 12.1 Å². The van der Waals surface area contributed by atoms with Crippen molar-refractivity contribution in [2.24, 2.45) is 5.14 Å². The lowest BCUT2D eigenvalue weighted by atomic mass is 10.0. The molecule has 9 heteroatoms. The minimum absolute atomic E-state index is 0.0443. The largest absolute Gasteiger partial charge is 0.492 e. The van der Waals surface area contributed by atoms with Gasteiger partial charge in [-0.05, 0) is 47.0 Å². The predicted octanol–water partition coefficient (Wildman–Crippen LogP) is 1.28. The number of rotatable bonds is 3. The molecular formula is C16H13N3O5S. The number of hydrogen-bond acceptors (Lipinski definition) is 5. The Bertz CT molecular complexity index is 1130. The van der Waals surface area contributed by atoms with Crippen molar-refractivity contribution < 1.29 is 23.1 Å². The van der Waals surface area contributed by atoms with E-state index < -0.39 is 16.0 Å². The molecule has 0 atom stereocenters. The number of carbonyl (C=O) groups is 1. The summed E-state index contributed by atoms with van der Waals surface area (Å²) in [4.78, 5) is 11.0. The smallest absolute Gasteiger partial charge is 0.356 e. The van der Waals surface area contributed by atoms with Crippen molar-refractivity contribution >= 4 is 21.5 Å². The van der Waals surface area contributed by atoms with Gasteiger partial charge in [0, 0.05) is 12.6 Å². The number of aromatic nitrogens is 2. The van der Waals surface area contributed by atoms with Crippen LogP contribution in [-0.2, 0) is 16.4 Å². The zero-order valence-electron chi connectivity index (χ0n) is 12.8. The quantitative estimate of drug-likeness (QED) is 0.726. The Labute approximate surface area is 142 Å². The van der Waals surface area contributed by atoms with E-state index in [2.05, 4.69) is 5.10 Å². The molecule has 8 nitrogen and oxygen atoms in total. The standard InChI is InChI=1S/C16H13N3O5S/c17-25(22,23)14-7-11(5-10-2-4-24-15(10)14)9-1-3-19-12(6-9)8-13(18-19)16(20)21/h1,3,5-8H,2,4H2,(H,20,21)(H2,17,22,23). The molecule has 1 aromatic carbocycles. The van der Waals surface area contributed by atoms with E-state index in [9.17, 15) is 13.2 Å². The van der Waals surface area contributed by atoms with Crippen molar-refractivity contribution in [2.45, 2.75) is 11.3 Å². The predicted molar refractivity (Wildman–Crippen MR) is 88.2 cm³/mol. The Balaban J connectivity index is 1.90. The fourth-order valence-corrected chi connectivity index (χ4v) is 3.67. The van der Waals surface area contributed by atoms with Gasteiger partial charge in [-0.15, -0.1) is 0 Å². The number of pyridine rings is 1. The molecule has 0 bridgehead atoms. The first-order chi connectivity index (χ1) is 11.8. The summed E-state index contributed by atoms with van der Waals surface area (Å²) in [6, 6.07) is 8.25. The summed E-state index contributed by atoms with van der Waals surface area (Å²) in [6.45, 7) is 0.408. The molecule has 3 aromatic rings. The lowest BCUT2D eigenvalue weighted by molar-refractivity contribution is 0.0690. The van der Waals surface area contributed by atoms with Gasteiger partial charge in [-0.25, -0.2) is 22.9 Å². The molecule has 0 saturated carbocycles. The van der Waals surface area contributed by atoms with Gasteiger partial charge < -0.3 is 9.84 Å². The van der Waals surface area contributed by atoms with E-state index in [1.165, 1.54) is 16.6 Å². The number of carboxylic acids is 1. The van der Waals surface area contributed by atoms with Crippen molar-refractivity contribution in [3.05, 3.63) is 47.8 Å². The van der Waals surface area contributed by atoms with Gasteiger partial charge in [0.25, 0.3) is 0 Å². The van der Waals surface area contributed by atoms with Crippen LogP contribution in [-0.4, -0.2) is 35.7 Å². The van der Waals surface area contributed by atoms with Crippen LogP contribution >= 0.6 is 0 Å². The lowest BCUT2D eigenvalue weighted by Gasteiger charge is -2.10. The maximum Gasteiger partial charge on any atom is 0.356 e. The molecule has 0 radical (unpaired) electrons. The number of aromatic carboxylic acids is 1. The second-order valence-electron chi connectivity index (χ2n) is 5.73. The number of sulfonamides is 1. The molecule has 1 aliphatic rings. The molecule has 2 aromatic heterocycles. The Kier molecular flexibility index (Phi) is 3.31. The SMILES string of the molecule is NS(=O)(=O)c1cc(-c2ccn3nc(C(=O)O)cc3c2)cc2c1OCC2. The van der Waals surface area contributed by atoms with Gasteiger partial charge in [-0.1, -0.05) is 0 Å². The molecule has 0 amide bonds. The van der Waals surface area contributed by atoms with Crippen molar-refractivity contribution in [3.8, 4) is 16.9 Å². The van der Waals surface area contributed by atoms with Crippen molar-refractivity contribution in [1.29, 1.82) is 0 Å². The first kappa shape index (κ1) is 15.6. The molecule has 3 heterocycles. The van der Waals surface area contributed by atoms with Gasteiger partial charge >= 0.3 is 5.97 Å². The highest BCUT2D eigenvalue weighted by atomic mass is 32.2. The normalized spacial score (nSPS) is 13.6. The molecule has 128 valence electrons. The highest BCUT2D eigenvalue weighted by Gasteiger charge is 2.24. The molecule has 0 spiro atoms. The fourth-order valence-electron chi connectivity index (χ4n) is 2.93. The van der Waals surface area contributed by atoms with Crippen LogP contribution in [0.5, 0.6) is 5.75 Å². The van der Waals surface area contributed by atoms with E-state index in [0.717, 1.165) is 11.1 Å². The van der Waals surface area contributed by atoms with Crippen LogP contribution in [0, 0.1) is 0 Å². The van der Waals surface area contributed by atoms with E-state index in [1.807, 2.05) is 6.07 Å². The number of hydrogen-bond donors (Lipinski definition) is 2. The molecule has 0 saturated heterocycles. The van der Waals surface area contributed by atoms with Crippen molar-refractivity contribution in [2.75, 3.05) is 6.61 Å². The van der Waals surface area contributed by atoms with E-state index in [-0.39, 0.29) is 10.6 Å². The zero-order valence-corrected chi connectivity index (χ0v) is 13.7. The minimum Gasteiger partial charge on any atom is -0.492 e. The van der Waals surface area contributed by atoms with Gasteiger partial charge in [-0.3, -0.25) is 0 Å². The van der Waals surface area contributed by atoms with Crippen molar-refractivity contribution in [3.63, 3.8) is 0 Å². The highest BCUT2D eigenvalue weighted by molar-refractivity contribution is 7.89. The summed E-state index contributed by atoms with van der Waals surface area (Å²) in [5.41, 5.74) is 2.69. The maximum atomic E-state index is 11.9. The third kappa shape index (κ3) is 2.63. The topological polar surface area (TPSA) is 124 Å². The molecular weight excluding hydrogens is 346 g/mol. The van der Waals surface area contributed by atoms with Crippen LogP contribution < -0.4 is 9.88 Å². The summed E-state index contributed by atoms with van der Waals surface area (Å²) in [5.74, 6) is -0.804. The van der Waals surface area contributed by atoms with E-state index in [0.29, 0.717) is 29.9 Å². The average Bonchev–Trinajstić information content (AvgIpc) is 3.18. The monoisotopic (exact) mass is 359 g/mol. The second kappa shape index (κ2) is 5.30. The molecule has 0 fully saturated rings. The first-order valence-electron chi connectivity index (χ1n) is 7.38. The summed E-state index contributed by atoms with van der Waals surface area (Å²) in [7, 11) is -3.93. The van der Waals surface area contributed by atoms with Gasteiger partial charge in [0.2, 0.25) is 10.0 Å². The molecule has 0 unspecified atom stereocenters. The van der Waals surface area contributed by atoms with Crippen LogP contribution in [0.2, 0.25) is 0 Å². The molecule has 1 aliphatic heterocycles. The third-order valence-corrected chi connectivity index (χ3v) is 4.99. The number of carboxylic acid groups (broad SMARTS) is 1. The minimum atomic E-state index is -3.93. The maximum absolute atomic E-state index is 11.9. The molecule has 4 rings (SSSR count). The average molecular weight is 359 g/mol. The third-order valence-electron chi connectivity index (χ3n) is 4.07. The highest BCUT2D eigenvalue weighted by Crippen LogP contribution is 2.37. The number of nitrogens with two attached hydrogens (primary N) is 1. The Morgan fingerprint density at radius 3 is 2.76 bits per heavy atom. The first-order valence-corrected chi connectivity index (χ1v) is 8.93. The molecule has 3 N–H and O–H groups in total. The Morgan fingerprint density at radius 2 is 2.04 bits per heavy atom.